The largest absolute Gasteiger partial charge is 0.377 e. The number of hydrogen-bond donors (Lipinski definition) is 2. The molecule has 1 aromatic rings. The first-order valence-electron chi connectivity index (χ1n) is 5.72. The van der Waals surface area contributed by atoms with Crippen LogP contribution < -0.4 is 10.6 Å². The molecule has 1 fully saturated rings. The van der Waals surface area contributed by atoms with Gasteiger partial charge in [-0.15, -0.1) is 0 Å². The van der Waals surface area contributed by atoms with Crippen LogP contribution in [0.2, 0.25) is 0 Å². The van der Waals surface area contributed by atoms with E-state index in [4.69, 9.17) is 10.8 Å². The van der Waals surface area contributed by atoms with Gasteiger partial charge in [-0.05, 0) is 12.1 Å². The molecule has 1 unspecified atom stereocenters. The van der Waals surface area contributed by atoms with E-state index in [2.05, 4.69) is 34.1 Å². The Bertz CT molecular complexity index is 307. The Labute approximate surface area is 96.3 Å². The number of para-hydroxylation sites is 1. The number of aliphatic hydroxyl groups excluding tert-OH is 1. The Morgan fingerprint density at radius 1 is 1.12 bits per heavy atom. The Kier molecular flexibility index (Phi) is 3.77. The van der Waals surface area contributed by atoms with Gasteiger partial charge in [0.05, 0.1) is 0 Å². The fraction of sp³-hybridized carbons (Fsp3) is 0.500. The van der Waals surface area contributed by atoms with E-state index in [0.29, 0.717) is 6.54 Å². The van der Waals surface area contributed by atoms with Crippen molar-refractivity contribution in [3.63, 3.8) is 0 Å². The van der Waals surface area contributed by atoms with E-state index in [0.717, 1.165) is 26.2 Å². The molecule has 0 aromatic heterocycles. The normalized spacial score (nSPS) is 19.8. The zero-order valence-corrected chi connectivity index (χ0v) is 9.42. The van der Waals surface area contributed by atoms with E-state index in [-0.39, 0.29) is 0 Å². The van der Waals surface area contributed by atoms with Crippen LogP contribution in [0.15, 0.2) is 30.3 Å². The van der Waals surface area contributed by atoms with Crippen molar-refractivity contribution < 1.29 is 5.11 Å². The molecule has 3 N–H and O–H groups in total. The maximum atomic E-state index is 9.11. The van der Waals surface area contributed by atoms with E-state index in [1.54, 1.807) is 0 Å². The molecule has 88 valence electrons. The minimum absolute atomic E-state index is 0.572. The van der Waals surface area contributed by atoms with Crippen molar-refractivity contribution >= 4 is 5.69 Å². The Morgan fingerprint density at radius 3 is 2.31 bits per heavy atom. The van der Waals surface area contributed by atoms with E-state index in [1.807, 2.05) is 6.07 Å². The summed E-state index contributed by atoms with van der Waals surface area (Å²) in [6, 6.07) is 10.4. The SMILES string of the molecule is NC(O)CN1CCN(c2ccccc2)CC1. The van der Waals surface area contributed by atoms with Crippen LogP contribution in [0.25, 0.3) is 0 Å². The van der Waals surface area contributed by atoms with Crippen LogP contribution in [0, 0.1) is 0 Å². The van der Waals surface area contributed by atoms with Crippen molar-refractivity contribution in [2.24, 2.45) is 5.73 Å². The van der Waals surface area contributed by atoms with E-state index < -0.39 is 6.23 Å². The summed E-state index contributed by atoms with van der Waals surface area (Å²) >= 11 is 0. The highest BCUT2D eigenvalue weighted by molar-refractivity contribution is 5.46. The standard InChI is InChI=1S/C12H19N3O/c13-12(16)10-14-6-8-15(9-7-14)11-4-2-1-3-5-11/h1-5,12,16H,6-10,13H2. The second-order valence-corrected chi connectivity index (χ2v) is 4.19. The third-order valence-corrected chi connectivity index (χ3v) is 2.94. The lowest BCUT2D eigenvalue weighted by Crippen LogP contribution is -2.49. The number of nitrogens with zero attached hydrogens (tertiary/aromatic N) is 2. The van der Waals surface area contributed by atoms with Crippen molar-refractivity contribution in [3.05, 3.63) is 30.3 Å². The van der Waals surface area contributed by atoms with E-state index >= 15 is 0 Å². The lowest BCUT2D eigenvalue weighted by Gasteiger charge is -2.36. The van der Waals surface area contributed by atoms with Gasteiger partial charge in [-0.3, -0.25) is 4.90 Å². The lowest BCUT2D eigenvalue weighted by atomic mass is 10.2. The van der Waals surface area contributed by atoms with Crippen molar-refractivity contribution in [2.75, 3.05) is 37.6 Å². The summed E-state index contributed by atoms with van der Waals surface area (Å²) in [4.78, 5) is 4.56. The first-order valence-corrected chi connectivity index (χ1v) is 5.72. The maximum absolute atomic E-state index is 9.11. The topological polar surface area (TPSA) is 52.7 Å². The van der Waals surface area contributed by atoms with Gasteiger partial charge < -0.3 is 15.7 Å². The fourth-order valence-electron chi connectivity index (χ4n) is 2.09. The van der Waals surface area contributed by atoms with Crippen LogP contribution in [0.1, 0.15) is 0 Å². The van der Waals surface area contributed by atoms with Crippen molar-refractivity contribution in [3.8, 4) is 0 Å². The first-order chi connectivity index (χ1) is 7.75. The smallest absolute Gasteiger partial charge is 0.115 e. The number of β-amino-alcohol motifs (C(OH)–C–C–N with tert-alkyl or cyclic N) is 1. The second-order valence-electron chi connectivity index (χ2n) is 4.19. The van der Waals surface area contributed by atoms with Crippen LogP contribution in [-0.4, -0.2) is 49.0 Å². The van der Waals surface area contributed by atoms with Crippen LogP contribution >= 0.6 is 0 Å². The predicted molar refractivity (Wildman–Crippen MR) is 65.3 cm³/mol. The van der Waals surface area contributed by atoms with E-state index in [1.165, 1.54) is 5.69 Å². The van der Waals surface area contributed by atoms with Crippen LogP contribution in [-0.2, 0) is 0 Å². The van der Waals surface area contributed by atoms with Gasteiger partial charge in [-0.2, -0.15) is 0 Å². The molecule has 0 saturated carbocycles. The molecule has 0 bridgehead atoms. The second kappa shape index (κ2) is 5.30. The van der Waals surface area contributed by atoms with Crippen LogP contribution in [0.4, 0.5) is 5.69 Å². The molecule has 1 heterocycles. The third-order valence-electron chi connectivity index (χ3n) is 2.94. The molecular formula is C12H19N3O. The summed E-state index contributed by atoms with van der Waals surface area (Å²) in [5.41, 5.74) is 6.64. The monoisotopic (exact) mass is 221 g/mol. The van der Waals surface area contributed by atoms with Crippen molar-refractivity contribution in [1.29, 1.82) is 0 Å². The number of aliphatic hydroxyl groups is 1. The zero-order chi connectivity index (χ0) is 11.4. The first kappa shape index (κ1) is 11.4. The molecular weight excluding hydrogens is 202 g/mol. The maximum Gasteiger partial charge on any atom is 0.115 e. The van der Waals surface area contributed by atoms with Crippen molar-refractivity contribution in [2.45, 2.75) is 6.23 Å². The molecule has 16 heavy (non-hydrogen) atoms. The van der Waals surface area contributed by atoms with E-state index in [9.17, 15) is 0 Å². The Hall–Kier alpha value is -1.10. The molecule has 1 atom stereocenters. The van der Waals surface area contributed by atoms with Gasteiger partial charge in [0.1, 0.15) is 6.23 Å². The molecule has 0 aliphatic carbocycles. The summed E-state index contributed by atoms with van der Waals surface area (Å²) in [5, 5.41) is 9.11. The molecule has 2 rings (SSSR count). The molecule has 1 saturated heterocycles. The molecule has 1 aliphatic rings. The average molecular weight is 221 g/mol. The molecule has 1 aromatic carbocycles. The zero-order valence-electron chi connectivity index (χ0n) is 9.42. The number of nitrogens with two attached hydrogens (primary N) is 1. The van der Waals surface area contributed by atoms with Crippen LogP contribution in [0.3, 0.4) is 0 Å². The molecule has 4 nitrogen and oxygen atoms in total. The lowest BCUT2D eigenvalue weighted by molar-refractivity contribution is 0.114. The summed E-state index contributed by atoms with van der Waals surface area (Å²) in [5.74, 6) is 0. The molecule has 0 radical (unpaired) electrons. The minimum atomic E-state index is -0.719. The summed E-state index contributed by atoms with van der Waals surface area (Å²) in [7, 11) is 0. The number of anilines is 1. The summed E-state index contributed by atoms with van der Waals surface area (Å²) in [6.07, 6.45) is -0.719. The van der Waals surface area contributed by atoms with Crippen LogP contribution in [0.5, 0.6) is 0 Å². The molecule has 0 amide bonds. The number of hydrogen-bond acceptors (Lipinski definition) is 4. The van der Waals surface area contributed by atoms with Gasteiger partial charge in [0, 0.05) is 38.4 Å². The number of rotatable bonds is 3. The minimum Gasteiger partial charge on any atom is -0.377 e. The quantitative estimate of drug-likeness (QED) is 0.710. The van der Waals surface area contributed by atoms with Gasteiger partial charge in [-0.25, -0.2) is 0 Å². The number of piperazine rings is 1. The Balaban J connectivity index is 1.86. The van der Waals surface area contributed by atoms with Gasteiger partial charge >= 0.3 is 0 Å². The van der Waals surface area contributed by atoms with Gasteiger partial charge in [0.15, 0.2) is 0 Å². The fourth-order valence-corrected chi connectivity index (χ4v) is 2.09. The average Bonchev–Trinajstić information content (AvgIpc) is 2.30. The highest BCUT2D eigenvalue weighted by Crippen LogP contribution is 2.15. The third kappa shape index (κ3) is 2.95. The van der Waals surface area contributed by atoms with Gasteiger partial charge in [0.25, 0.3) is 0 Å². The Morgan fingerprint density at radius 2 is 1.75 bits per heavy atom. The predicted octanol–water partition coefficient (Wildman–Crippen LogP) is 0.0857. The molecule has 0 spiro atoms. The highest BCUT2D eigenvalue weighted by Gasteiger charge is 2.17. The number of benzene rings is 1. The molecule has 1 aliphatic heterocycles. The van der Waals surface area contributed by atoms with Gasteiger partial charge in [0.2, 0.25) is 0 Å². The van der Waals surface area contributed by atoms with Crippen molar-refractivity contribution in [1.82, 2.24) is 4.90 Å². The summed E-state index contributed by atoms with van der Waals surface area (Å²) < 4.78 is 0. The van der Waals surface area contributed by atoms with Gasteiger partial charge in [-0.1, -0.05) is 18.2 Å². The highest BCUT2D eigenvalue weighted by atomic mass is 16.3. The molecule has 4 heteroatoms. The summed E-state index contributed by atoms with van der Waals surface area (Å²) in [6.45, 7) is 4.49.